The van der Waals surface area contributed by atoms with Crippen LogP contribution in [0.1, 0.15) is 58.6 Å². The minimum Gasteiger partial charge on any atom is -0.356 e. The molecule has 0 aromatic carbocycles. The Kier molecular flexibility index (Phi) is 10.4. The zero-order valence-electron chi connectivity index (χ0n) is 17.0. The summed E-state index contributed by atoms with van der Waals surface area (Å²) in [5, 5.41) is 15.4. The van der Waals surface area contributed by atoms with Crippen LogP contribution >= 0.6 is 24.0 Å². The van der Waals surface area contributed by atoms with Crippen molar-refractivity contribution in [3.05, 3.63) is 11.6 Å². The van der Waals surface area contributed by atoms with E-state index in [0.717, 1.165) is 50.1 Å². The van der Waals surface area contributed by atoms with Crippen LogP contribution in [0.5, 0.6) is 0 Å². The van der Waals surface area contributed by atoms with E-state index in [1.165, 1.54) is 12.8 Å². The highest BCUT2D eigenvalue weighted by Gasteiger charge is 2.16. The second-order valence-electron chi connectivity index (χ2n) is 7.27. The van der Waals surface area contributed by atoms with E-state index >= 15 is 0 Å². The smallest absolute Gasteiger partial charge is 0.191 e. The summed E-state index contributed by atoms with van der Waals surface area (Å²) in [6.45, 7) is 12.7. The maximum atomic E-state index is 4.32. The number of fused-ring (bicyclic) bond motifs is 1. The fourth-order valence-electron chi connectivity index (χ4n) is 3.46. The van der Waals surface area contributed by atoms with Gasteiger partial charge in [-0.05, 0) is 47.0 Å². The van der Waals surface area contributed by atoms with Crippen LogP contribution in [-0.4, -0.2) is 57.8 Å². The summed E-state index contributed by atoms with van der Waals surface area (Å²) < 4.78 is 2.24. The van der Waals surface area contributed by atoms with Gasteiger partial charge in [-0.1, -0.05) is 0 Å². The average Bonchev–Trinajstić information content (AvgIpc) is 3.00. The number of aryl methyl sites for hydroxylation is 1. The zero-order chi connectivity index (χ0) is 18.2. The molecule has 1 aromatic rings. The van der Waals surface area contributed by atoms with Gasteiger partial charge in [0, 0.05) is 45.2 Å². The third kappa shape index (κ3) is 6.68. The number of hydrogen-bond donors (Lipinski definition) is 2. The molecule has 0 fully saturated rings. The van der Waals surface area contributed by atoms with E-state index in [2.05, 4.69) is 63.0 Å². The molecule has 0 atom stereocenters. The molecule has 0 bridgehead atoms. The van der Waals surface area contributed by atoms with Crippen LogP contribution in [-0.2, 0) is 19.5 Å². The molecule has 0 aliphatic carbocycles. The normalized spacial score (nSPS) is 14.5. The molecule has 7 nitrogen and oxygen atoms in total. The first-order valence-corrected chi connectivity index (χ1v) is 9.64. The van der Waals surface area contributed by atoms with Gasteiger partial charge in [0.25, 0.3) is 0 Å². The number of halogens is 1. The van der Waals surface area contributed by atoms with Crippen LogP contribution in [0.3, 0.4) is 0 Å². The summed E-state index contributed by atoms with van der Waals surface area (Å²) in [5.74, 6) is 2.95. The van der Waals surface area contributed by atoms with Crippen molar-refractivity contribution in [2.75, 3.05) is 20.1 Å². The largest absolute Gasteiger partial charge is 0.356 e. The molecule has 0 unspecified atom stereocenters. The molecule has 1 aliphatic heterocycles. The monoisotopic (exact) mass is 477 g/mol. The number of aliphatic imine (C=N–C) groups is 1. The van der Waals surface area contributed by atoms with Crippen LogP contribution in [0.15, 0.2) is 4.99 Å². The lowest BCUT2D eigenvalue weighted by molar-refractivity contribution is 0.173. The molecule has 26 heavy (non-hydrogen) atoms. The van der Waals surface area contributed by atoms with Crippen molar-refractivity contribution in [3.63, 3.8) is 0 Å². The molecule has 2 N–H and O–H groups in total. The molecular formula is C18H36IN7. The molecule has 0 radical (unpaired) electrons. The van der Waals surface area contributed by atoms with Gasteiger partial charge in [-0.3, -0.25) is 9.89 Å². The summed E-state index contributed by atoms with van der Waals surface area (Å²) in [6.07, 6.45) is 4.57. The Bertz CT molecular complexity index is 546. The lowest BCUT2D eigenvalue weighted by atomic mass is 10.2. The molecule has 0 saturated carbocycles. The van der Waals surface area contributed by atoms with E-state index in [0.29, 0.717) is 18.6 Å². The van der Waals surface area contributed by atoms with E-state index in [9.17, 15) is 0 Å². The van der Waals surface area contributed by atoms with Gasteiger partial charge in [-0.25, -0.2) is 0 Å². The maximum Gasteiger partial charge on any atom is 0.191 e. The van der Waals surface area contributed by atoms with Gasteiger partial charge < -0.3 is 15.2 Å². The first kappa shape index (κ1) is 23.1. The number of guanidine groups is 1. The van der Waals surface area contributed by atoms with Crippen molar-refractivity contribution in [2.45, 2.75) is 78.6 Å². The number of nitrogens with one attached hydrogen (secondary N) is 2. The quantitative estimate of drug-likeness (QED) is 0.261. The Labute approximate surface area is 175 Å². The molecule has 1 aromatic heterocycles. The van der Waals surface area contributed by atoms with Crippen molar-refractivity contribution in [2.24, 2.45) is 4.99 Å². The Morgan fingerprint density at radius 3 is 2.54 bits per heavy atom. The summed E-state index contributed by atoms with van der Waals surface area (Å²) in [7, 11) is 1.81. The van der Waals surface area contributed by atoms with Crippen LogP contribution in [0.25, 0.3) is 0 Å². The highest BCUT2D eigenvalue weighted by Crippen LogP contribution is 2.13. The first-order valence-electron chi connectivity index (χ1n) is 9.64. The van der Waals surface area contributed by atoms with Crippen molar-refractivity contribution in [1.29, 1.82) is 0 Å². The summed E-state index contributed by atoms with van der Waals surface area (Å²) >= 11 is 0. The topological polar surface area (TPSA) is 70.4 Å². The Morgan fingerprint density at radius 2 is 1.88 bits per heavy atom. The summed E-state index contributed by atoms with van der Waals surface area (Å²) in [5.41, 5.74) is 0. The molecule has 0 amide bonds. The molecular weight excluding hydrogens is 441 g/mol. The van der Waals surface area contributed by atoms with Gasteiger partial charge >= 0.3 is 0 Å². The minimum absolute atomic E-state index is 0. The number of rotatable bonds is 8. The number of hydrogen-bond acceptors (Lipinski definition) is 4. The SMILES string of the molecule is CN=C(NCCCN(C(C)C)C(C)C)NCc1nnc2n1CCCC2.I. The van der Waals surface area contributed by atoms with Gasteiger partial charge in [0.05, 0.1) is 6.54 Å². The number of nitrogens with zero attached hydrogens (tertiary/aromatic N) is 5. The Hall–Kier alpha value is -0.900. The third-order valence-electron chi connectivity index (χ3n) is 4.79. The maximum absolute atomic E-state index is 4.32. The van der Waals surface area contributed by atoms with E-state index < -0.39 is 0 Å². The van der Waals surface area contributed by atoms with Gasteiger partial charge in [-0.2, -0.15) is 0 Å². The molecule has 0 spiro atoms. The fourth-order valence-corrected chi connectivity index (χ4v) is 3.46. The van der Waals surface area contributed by atoms with E-state index in [1.807, 2.05) is 7.05 Å². The molecule has 1 aliphatic rings. The Morgan fingerprint density at radius 1 is 1.15 bits per heavy atom. The predicted molar refractivity (Wildman–Crippen MR) is 118 cm³/mol. The van der Waals surface area contributed by atoms with Crippen molar-refractivity contribution in [3.8, 4) is 0 Å². The first-order chi connectivity index (χ1) is 12.0. The third-order valence-corrected chi connectivity index (χ3v) is 4.79. The van der Waals surface area contributed by atoms with Gasteiger partial charge in [0.1, 0.15) is 5.82 Å². The van der Waals surface area contributed by atoms with E-state index in [4.69, 9.17) is 0 Å². The highest BCUT2D eigenvalue weighted by molar-refractivity contribution is 14.0. The standard InChI is InChI=1S/C18H35N7.HI/c1-14(2)24(15(3)4)12-8-10-20-18(19-5)21-13-17-23-22-16-9-6-7-11-25(16)17;/h14-15H,6-13H2,1-5H3,(H2,19,20,21);1H. The predicted octanol–water partition coefficient (Wildman–Crippen LogP) is 2.41. The second-order valence-corrected chi connectivity index (χ2v) is 7.27. The van der Waals surface area contributed by atoms with Gasteiger partial charge in [0.15, 0.2) is 11.8 Å². The molecule has 8 heteroatoms. The molecule has 2 heterocycles. The van der Waals surface area contributed by atoms with Crippen molar-refractivity contribution >= 4 is 29.9 Å². The van der Waals surface area contributed by atoms with Crippen LogP contribution in [0, 0.1) is 0 Å². The van der Waals surface area contributed by atoms with Crippen molar-refractivity contribution in [1.82, 2.24) is 30.3 Å². The summed E-state index contributed by atoms with van der Waals surface area (Å²) in [6, 6.07) is 1.16. The second kappa shape index (κ2) is 11.7. The van der Waals surface area contributed by atoms with Crippen LogP contribution in [0.2, 0.25) is 0 Å². The fraction of sp³-hybridized carbons (Fsp3) is 0.833. The molecule has 150 valence electrons. The van der Waals surface area contributed by atoms with Gasteiger partial charge in [0.2, 0.25) is 0 Å². The average molecular weight is 477 g/mol. The van der Waals surface area contributed by atoms with Crippen LogP contribution in [0.4, 0.5) is 0 Å². The van der Waals surface area contributed by atoms with Gasteiger partial charge in [-0.15, -0.1) is 34.2 Å². The lowest BCUT2D eigenvalue weighted by Crippen LogP contribution is -2.41. The molecule has 0 saturated heterocycles. The van der Waals surface area contributed by atoms with Crippen LogP contribution < -0.4 is 10.6 Å². The number of aromatic nitrogens is 3. The van der Waals surface area contributed by atoms with Crippen molar-refractivity contribution < 1.29 is 0 Å². The zero-order valence-corrected chi connectivity index (χ0v) is 19.3. The lowest BCUT2D eigenvalue weighted by Gasteiger charge is -2.30. The summed E-state index contributed by atoms with van der Waals surface area (Å²) in [4.78, 5) is 6.82. The molecule has 2 rings (SSSR count). The Balaban J connectivity index is 0.00000338. The highest BCUT2D eigenvalue weighted by atomic mass is 127. The van der Waals surface area contributed by atoms with E-state index in [-0.39, 0.29) is 24.0 Å². The van der Waals surface area contributed by atoms with E-state index in [1.54, 1.807) is 0 Å². The minimum atomic E-state index is 0.